The molecule has 0 bridgehead atoms. The SMILES string of the molecule is CC(C)(NC(=O)N1CC[C@@H](c2ccccc2)C1)C(=O)Nc1nc(C(F)(F)F)c(C(=O)c2ccc(F)cc2)s1. The first-order valence-corrected chi connectivity index (χ1v) is 12.5. The molecular formula is C26H24F4N4O3S. The standard InChI is InChI=1S/C26H24F4N4O3S/c1-25(2,33-24(37)34-13-12-17(14-34)15-6-4-3-5-7-15)22(36)32-23-31-21(26(28,29)30)20(38-23)19(35)16-8-10-18(27)11-9-16/h3-11,17H,12-14H2,1-2H3,(H,33,37)(H,31,32,36)/t17-/m1/s1. The fourth-order valence-corrected chi connectivity index (χ4v) is 4.99. The molecule has 2 heterocycles. The molecule has 0 spiro atoms. The van der Waals surface area contributed by atoms with Gasteiger partial charge in [0, 0.05) is 24.6 Å². The number of halogens is 4. The third-order valence-corrected chi connectivity index (χ3v) is 7.13. The Kier molecular flexibility index (Phi) is 7.54. The van der Waals surface area contributed by atoms with Crippen molar-refractivity contribution < 1.29 is 31.9 Å². The van der Waals surface area contributed by atoms with Crippen LogP contribution < -0.4 is 10.6 Å². The fraction of sp³-hybridized carbons (Fsp3) is 0.308. The molecule has 200 valence electrons. The van der Waals surface area contributed by atoms with Crippen molar-refractivity contribution in [3.63, 3.8) is 0 Å². The number of aromatic nitrogens is 1. The molecule has 1 atom stereocenters. The number of carbonyl (C=O) groups excluding carboxylic acids is 3. The minimum atomic E-state index is -4.97. The van der Waals surface area contributed by atoms with Crippen LogP contribution in [0, 0.1) is 5.82 Å². The quantitative estimate of drug-likeness (QED) is 0.317. The number of urea groups is 1. The number of rotatable bonds is 6. The Morgan fingerprint density at radius 3 is 2.32 bits per heavy atom. The normalized spacial score (nSPS) is 15.8. The third kappa shape index (κ3) is 6.01. The first kappa shape index (κ1) is 27.2. The summed E-state index contributed by atoms with van der Waals surface area (Å²) in [5, 5.41) is 4.45. The molecule has 1 aliphatic heterocycles. The minimum absolute atomic E-state index is 0.159. The van der Waals surface area contributed by atoms with Crippen LogP contribution in [0.3, 0.4) is 0 Å². The maximum Gasteiger partial charge on any atom is 0.435 e. The molecule has 1 aromatic heterocycles. The van der Waals surface area contributed by atoms with Crippen molar-refractivity contribution in [2.45, 2.75) is 37.9 Å². The Labute approximate surface area is 219 Å². The Morgan fingerprint density at radius 2 is 1.68 bits per heavy atom. The van der Waals surface area contributed by atoms with Crippen molar-refractivity contribution in [1.82, 2.24) is 15.2 Å². The Morgan fingerprint density at radius 1 is 1.03 bits per heavy atom. The van der Waals surface area contributed by atoms with Gasteiger partial charge in [-0.2, -0.15) is 13.2 Å². The summed E-state index contributed by atoms with van der Waals surface area (Å²) in [4.78, 5) is 42.8. The molecule has 1 saturated heterocycles. The van der Waals surface area contributed by atoms with Crippen molar-refractivity contribution in [2.24, 2.45) is 0 Å². The molecule has 1 fully saturated rings. The first-order valence-electron chi connectivity index (χ1n) is 11.7. The Bertz CT molecular complexity index is 1340. The van der Waals surface area contributed by atoms with Crippen LogP contribution >= 0.6 is 11.3 Å². The zero-order valence-electron chi connectivity index (χ0n) is 20.4. The second-order valence-electron chi connectivity index (χ2n) is 9.38. The number of hydrogen-bond donors (Lipinski definition) is 2. The van der Waals surface area contributed by atoms with E-state index in [1.54, 1.807) is 4.90 Å². The third-order valence-electron chi connectivity index (χ3n) is 6.16. The highest BCUT2D eigenvalue weighted by Crippen LogP contribution is 2.37. The van der Waals surface area contributed by atoms with Gasteiger partial charge in [-0.15, -0.1) is 0 Å². The Hall–Kier alpha value is -3.80. The maximum atomic E-state index is 13.6. The van der Waals surface area contributed by atoms with Gasteiger partial charge in [0.05, 0.1) is 0 Å². The molecule has 2 aromatic carbocycles. The lowest BCUT2D eigenvalue weighted by Gasteiger charge is -2.28. The van der Waals surface area contributed by atoms with E-state index in [9.17, 15) is 31.9 Å². The number of nitrogens with zero attached hydrogens (tertiary/aromatic N) is 2. The zero-order chi connectivity index (χ0) is 27.7. The molecule has 1 aliphatic rings. The van der Waals surface area contributed by atoms with E-state index >= 15 is 0 Å². The lowest BCUT2D eigenvalue weighted by Crippen LogP contribution is -2.55. The monoisotopic (exact) mass is 548 g/mol. The van der Waals surface area contributed by atoms with E-state index in [4.69, 9.17) is 0 Å². The summed E-state index contributed by atoms with van der Waals surface area (Å²) in [6, 6.07) is 13.3. The second kappa shape index (κ2) is 10.5. The van der Waals surface area contributed by atoms with Crippen LogP contribution in [0.15, 0.2) is 54.6 Å². The highest BCUT2D eigenvalue weighted by Gasteiger charge is 2.41. The molecule has 12 heteroatoms. The summed E-state index contributed by atoms with van der Waals surface area (Å²) < 4.78 is 54.1. The zero-order valence-corrected chi connectivity index (χ0v) is 21.3. The van der Waals surface area contributed by atoms with Crippen molar-refractivity contribution in [3.8, 4) is 0 Å². The number of benzene rings is 2. The predicted molar refractivity (Wildman–Crippen MR) is 134 cm³/mol. The number of amides is 3. The van der Waals surface area contributed by atoms with Gasteiger partial charge in [-0.05, 0) is 50.1 Å². The topological polar surface area (TPSA) is 91.4 Å². The van der Waals surface area contributed by atoms with Crippen LogP contribution in [0.5, 0.6) is 0 Å². The fourth-order valence-electron chi connectivity index (χ4n) is 4.05. The lowest BCUT2D eigenvalue weighted by atomic mass is 9.99. The molecule has 0 aliphatic carbocycles. The van der Waals surface area contributed by atoms with Crippen LogP contribution in [0.25, 0.3) is 0 Å². The van der Waals surface area contributed by atoms with Crippen LogP contribution in [0.1, 0.15) is 52.7 Å². The molecule has 38 heavy (non-hydrogen) atoms. The molecule has 0 saturated carbocycles. The first-order chi connectivity index (χ1) is 17.8. The van der Waals surface area contributed by atoms with Gasteiger partial charge in [-0.3, -0.25) is 14.9 Å². The Balaban J connectivity index is 1.45. The van der Waals surface area contributed by atoms with Gasteiger partial charge in [-0.1, -0.05) is 41.7 Å². The lowest BCUT2D eigenvalue weighted by molar-refractivity contribution is -0.141. The smallest absolute Gasteiger partial charge is 0.324 e. The van der Waals surface area contributed by atoms with Crippen LogP contribution in [0.2, 0.25) is 0 Å². The van der Waals surface area contributed by atoms with Crippen molar-refractivity contribution in [3.05, 3.63) is 82.1 Å². The molecule has 0 unspecified atom stereocenters. The van der Waals surface area contributed by atoms with E-state index < -0.39 is 51.0 Å². The van der Waals surface area contributed by atoms with Gasteiger partial charge < -0.3 is 10.2 Å². The van der Waals surface area contributed by atoms with E-state index in [1.165, 1.54) is 13.8 Å². The number of hydrogen-bond acceptors (Lipinski definition) is 5. The number of anilines is 1. The van der Waals surface area contributed by atoms with E-state index in [0.717, 1.165) is 36.2 Å². The summed E-state index contributed by atoms with van der Waals surface area (Å²) in [6.45, 7) is 3.77. The van der Waals surface area contributed by atoms with Gasteiger partial charge in [0.15, 0.2) is 10.8 Å². The number of ketones is 1. The van der Waals surface area contributed by atoms with Crippen LogP contribution in [-0.2, 0) is 11.0 Å². The highest BCUT2D eigenvalue weighted by atomic mass is 32.1. The maximum absolute atomic E-state index is 13.6. The summed E-state index contributed by atoms with van der Waals surface area (Å²) in [5.41, 5.74) is -2.02. The summed E-state index contributed by atoms with van der Waals surface area (Å²) in [6.07, 6.45) is -4.21. The van der Waals surface area contributed by atoms with Gasteiger partial charge >= 0.3 is 12.2 Å². The van der Waals surface area contributed by atoms with Crippen LogP contribution in [-0.4, -0.2) is 46.2 Å². The molecule has 7 nitrogen and oxygen atoms in total. The summed E-state index contributed by atoms with van der Waals surface area (Å²) in [7, 11) is 0. The van der Waals surface area contributed by atoms with Gasteiger partial charge in [0.2, 0.25) is 5.78 Å². The van der Waals surface area contributed by atoms with Gasteiger partial charge in [0.25, 0.3) is 5.91 Å². The van der Waals surface area contributed by atoms with E-state index in [2.05, 4.69) is 15.6 Å². The molecule has 4 rings (SSSR count). The molecule has 3 amide bonds. The van der Waals surface area contributed by atoms with E-state index in [0.29, 0.717) is 24.4 Å². The average Bonchev–Trinajstić information content (AvgIpc) is 3.52. The molecule has 2 N–H and O–H groups in total. The number of nitrogens with one attached hydrogen (secondary N) is 2. The largest absolute Gasteiger partial charge is 0.435 e. The average molecular weight is 549 g/mol. The van der Waals surface area contributed by atoms with E-state index in [-0.39, 0.29) is 11.5 Å². The number of thiazole rings is 1. The second-order valence-corrected chi connectivity index (χ2v) is 10.4. The van der Waals surface area contributed by atoms with Crippen molar-refractivity contribution in [2.75, 3.05) is 18.4 Å². The number of likely N-dealkylation sites (tertiary alicyclic amines) is 1. The minimum Gasteiger partial charge on any atom is -0.324 e. The number of carbonyl (C=O) groups is 3. The van der Waals surface area contributed by atoms with E-state index in [1.807, 2.05) is 30.3 Å². The summed E-state index contributed by atoms with van der Waals surface area (Å²) >= 11 is 0.351. The van der Waals surface area contributed by atoms with Crippen molar-refractivity contribution in [1.29, 1.82) is 0 Å². The summed E-state index contributed by atoms with van der Waals surface area (Å²) in [5.74, 6) is -2.31. The van der Waals surface area contributed by atoms with Crippen LogP contribution in [0.4, 0.5) is 27.5 Å². The number of alkyl halides is 3. The molecule has 3 aromatic rings. The highest BCUT2D eigenvalue weighted by molar-refractivity contribution is 7.18. The van der Waals surface area contributed by atoms with Gasteiger partial charge in [-0.25, -0.2) is 14.2 Å². The van der Waals surface area contributed by atoms with Gasteiger partial charge in [0.1, 0.15) is 16.2 Å². The molecule has 0 radical (unpaired) electrons. The predicted octanol–water partition coefficient (Wildman–Crippen LogP) is 5.45. The van der Waals surface area contributed by atoms with Crippen molar-refractivity contribution >= 4 is 34.2 Å². The molecular weight excluding hydrogens is 524 g/mol.